The van der Waals surface area contributed by atoms with Gasteiger partial charge in [-0.1, -0.05) is 18.5 Å². The number of anilines is 1. The first kappa shape index (κ1) is 11.6. The maximum atomic E-state index is 9.93. The Morgan fingerprint density at radius 3 is 2.81 bits per heavy atom. The van der Waals surface area contributed by atoms with Crippen molar-refractivity contribution >= 4 is 17.4 Å². The Kier molecular flexibility index (Phi) is 3.30. The molecule has 0 saturated heterocycles. The minimum Gasteiger partial charge on any atom is -0.388 e. The first-order valence-electron chi connectivity index (χ1n) is 5.61. The van der Waals surface area contributed by atoms with Crippen molar-refractivity contribution in [2.45, 2.75) is 38.2 Å². The summed E-state index contributed by atoms with van der Waals surface area (Å²) in [5.74, 6) is 1.41. The van der Waals surface area contributed by atoms with Crippen LogP contribution in [0.5, 0.6) is 0 Å². The summed E-state index contributed by atoms with van der Waals surface area (Å²) in [5, 5.41) is 13.5. The molecule has 0 aliphatic heterocycles. The third kappa shape index (κ3) is 2.62. The van der Waals surface area contributed by atoms with Gasteiger partial charge in [-0.05, 0) is 19.3 Å². The van der Waals surface area contributed by atoms with Gasteiger partial charge in [0.1, 0.15) is 16.8 Å². The SMILES string of the molecule is CCc1nc(Cl)cc(NCC2(O)CCC2)n1. The molecule has 88 valence electrons. The fourth-order valence-corrected chi connectivity index (χ4v) is 1.93. The predicted octanol–water partition coefficient (Wildman–Crippen LogP) is 2.02. The highest BCUT2D eigenvalue weighted by Crippen LogP contribution is 2.31. The Labute approximate surface area is 100 Å². The van der Waals surface area contributed by atoms with Crippen LogP contribution in [0.3, 0.4) is 0 Å². The molecule has 0 atom stereocenters. The van der Waals surface area contributed by atoms with E-state index in [4.69, 9.17) is 11.6 Å². The standard InChI is InChI=1S/C11H16ClN3O/c1-2-9-14-8(12)6-10(15-9)13-7-11(16)4-3-5-11/h6,16H,2-5,7H2,1H3,(H,13,14,15). The number of nitrogens with zero attached hydrogens (tertiary/aromatic N) is 2. The Morgan fingerprint density at radius 1 is 1.50 bits per heavy atom. The Balaban J connectivity index is 2.00. The van der Waals surface area contributed by atoms with E-state index in [2.05, 4.69) is 15.3 Å². The second kappa shape index (κ2) is 4.55. The van der Waals surface area contributed by atoms with E-state index in [0.717, 1.165) is 31.5 Å². The zero-order chi connectivity index (χ0) is 11.6. The van der Waals surface area contributed by atoms with E-state index >= 15 is 0 Å². The molecule has 2 rings (SSSR count). The summed E-state index contributed by atoms with van der Waals surface area (Å²) in [6.45, 7) is 2.51. The zero-order valence-corrected chi connectivity index (χ0v) is 10.1. The Bertz CT molecular complexity index is 379. The summed E-state index contributed by atoms with van der Waals surface area (Å²) in [6.07, 6.45) is 3.57. The lowest BCUT2D eigenvalue weighted by atomic mass is 9.80. The number of halogens is 1. The van der Waals surface area contributed by atoms with Gasteiger partial charge < -0.3 is 10.4 Å². The van der Waals surface area contributed by atoms with Gasteiger partial charge >= 0.3 is 0 Å². The average Bonchev–Trinajstić information content (AvgIpc) is 2.23. The van der Waals surface area contributed by atoms with Crippen LogP contribution in [0.1, 0.15) is 32.0 Å². The van der Waals surface area contributed by atoms with Crippen LogP contribution in [0.25, 0.3) is 0 Å². The van der Waals surface area contributed by atoms with Crippen LogP contribution in [0.2, 0.25) is 5.15 Å². The molecule has 1 aromatic rings. The Morgan fingerprint density at radius 2 is 2.25 bits per heavy atom. The van der Waals surface area contributed by atoms with Crippen LogP contribution >= 0.6 is 11.6 Å². The average molecular weight is 242 g/mol. The monoisotopic (exact) mass is 241 g/mol. The van der Waals surface area contributed by atoms with E-state index < -0.39 is 5.60 Å². The van der Waals surface area contributed by atoms with Crippen molar-refractivity contribution in [1.82, 2.24) is 9.97 Å². The number of hydrogen-bond donors (Lipinski definition) is 2. The Hall–Kier alpha value is -0.870. The molecule has 1 saturated carbocycles. The molecule has 1 heterocycles. The van der Waals surface area contributed by atoms with Crippen molar-refractivity contribution in [2.24, 2.45) is 0 Å². The highest BCUT2D eigenvalue weighted by molar-refractivity contribution is 6.29. The molecule has 4 nitrogen and oxygen atoms in total. The summed E-state index contributed by atoms with van der Waals surface area (Å²) in [4.78, 5) is 8.38. The van der Waals surface area contributed by atoms with Crippen molar-refractivity contribution in [1.29, 1.82) is 0 Å². The maximum Gasteiger partial charge on any atom is 0.134 e. The number of aliphatic hydroxyl groups is 1. The number of aromatic nitrogens is 2. The second-order valence-electron chi connectivity index (χ2n) is 4.28. The van der Waals surface area contributed by atoms with E-state index in [1.165, 1.54) is 0 Å². The zero-order valence-electron chi connectivity index (χ0n) is 9.33. The lowest BCUT2D eigenvalue weighted by Crippen LogP contribution is -2.43. The first-order valence-corrected chi connectivity index (χ1v) is 5.99. The fourth-order valence-electron chi connectivity index (χ4n) is 1.73. The first-order chi connectivity index (χ1) is 7.61. The van der Waals surface area contributed by atoms with Crippen LogP contribution in [-0.4, -0.2) is 27.2 Å². The van der Waals surface area contributed by atoms with Crippen molar-refractivity contribution in [3.05, 3.63) is 17.0 Å². The maximum absolute atomic E-state index is 9.93. The minimum atomic E-state index is -0.552. The normalized spacial score (nSPS) is 17.9. The molecule has 0 unspecified atom stereocenters. The molecule has 5 heteroatoms. The van der Waals surface area contributed by atoms with Gasteiger partial charge in [-0.15, -0.1) is 0 Å². The van der Waals surface area contributed by atoms with Gasteiger partial charge in [0, 0.05) is 19.0 Å². The van der Waals surface area contributed by atoms with Crippen molar-refractivity contribution in [2.75, 3.05) is 11.9 Å². The summed E-state index contributed by atoms with van der Waals surface area (Å²) < 4.78 is 0. The van der Waals surface area contributed by atoms with Crippen LogP contribution in [0, 0.1) is 0 Å². The van der Waals surface area contributed by atoms with Gasteiger partial charge in [-0.3, -0.25) is 0 Å². The number of rotatable bonds is 4. The van der Waals surface area contributed by atoms with Gasteiger partial charge in [0.2, 0.25) is 0 Å². The molecular formula is C11H16ClN3O. The molecule has 1 aromatic heterocycles. The quantitative estimate of drug-likeness (QED) is 0.792. The fraction of sp³-hybridized carbons (Fsp3) is 0.636. The molecule has 0 bridgehead atoms. The topological polar surface area (TPSA) is 58.0 Å². The molecule has 2 N–H and O–H groups in total. The van der Waals surface area contributed by atoms with Gasteiger partial charge in [0.15, 0.2) is 0 Å². The summed E-state index contributed by atoms with van der Waals surface area (Å²) in [6, 6.07) is 1.68. The van der Waals surface area contributed by atoms with E-state index in [-0.39, 0.29) is 0 Å². The largest absolute Gasteiger partial charge is 0.388 e. The lowest BCUT2D eigenvalue weighted by molar-refractivity contribution is -0.0202. The summed E-state index contributed by atoms with van der Waals surface area (Å²) in [7, 11) is 0. The van der Waals surface area contributed by atoms with Crippen LogP contribution in [0.4, 0.5) is 5.82 Å². The summed E-state index contributed by atoms with van der Waals surface area (Å²) >= 11 is 5.87. The van der Waals surface area contributed by atoms with Crippen LogP contribution in [-0.2, 0) is 6.42 Å². The molecule has 1 fully saturated rings. The number of aryl methyl sites for hydroxylation is 1. The lowest BCUT2D eigenvalue weighted by Gasteiger charge is -2.36. The minimum absolute atomic E-state index is 0.440. The van der Waals surface area contributed by atoms with Gasteiger partial charge in [-0.2, -0.15) is 0 Å². The highest BCUT2D eigenvalue weighted by atomic mass is 35.5. The van der Waals surface area contributed by atoms with Crippen LogP contribution in [0.15, 0.2) is 6.07 Å². The molecule has 0 amide bonds. The molecule has 1 aliphatic carbocycles. The highest BCUT2D eigenvalue weighted by Gasteiger charge is 2.34. The molecule has 0 aromatic carbocycles. The second-order valence-corrected chi connectivity index (χ2v) is 4.66. The van der Waals surface area contributed by atoms with E-state index in [0.29, 0.717) is 17.5 Å². The predicted molar refractivity (Wildman–Crippen MR) is 63.7 cm³/mol. The van der Waals surface area contributed by atoms with E-state index in [9.17, 15) is 5.11 Å². The van der Waals surface area contributed by atoms with Gasteiger partial charge in [-0.25, -0.2) is 9.97 Å². The molecule has 0 radical (unpaired) electrons. The smallest absolute Gasteiger partial charge is 0.134 e. The third-order valence-electron chi connectivity index (χ3n) is 2.94. The van der Waals surface area contributed by atoms with Crippen molar-refractivity contribution in [3.63, 3.8) is 0 Å². The molecular weight excluding hydrogens is 226 g/mol. The molecule has 16 heavy (non-hydrogen) atoms. The number of nitrogens with one attached hydrogen (secondary N) is 1. The van der Waals surface area contributed by atoms with Gasteiger partial charge in [0.05, 0.1) is 5.60 Å². The third-order valence-corrected chi connectivity index (χ3v) is 3.13. The van der Waals surface area contributed by atoms with E-state index in [1.54, 1.807) is 6.07 Å². The van der Waals surface area contributed by atoms with Gasteiger partial charge in [0.25, 0.3) is 0 Å². The molecule has 0 spiro atoms. The summed E-state index contributed by atoms with van der Waals surface area (Å²) in [5.41, 5.74) is -0.552. The van der Waals surface area contributed by atoms with E-state index in [1.807, 2.05) is 6.92 Å². The van der Waals surface area contributed by atoms with Crippen molar-refractivity contribution in [3.8, 4) is 0 Å². The molecule has 1 aliphatic rings. The van der Waals surface area contributed by atoms with Crippen LogP contribution < -0.4 is 5.32 Å². The number of hydrogen-bond acceptors (Lipinski definition) is 4. The van der Waals surface area contributed by atoms with Crippen molar-refractivity contribution < 1.29 is 5.11 Å².